The Morgan fingerprint density at radius 1 is 0.667 bits per heavy atom. The van der Waals surface area contributed by atoms with Crippen molar-refractivity contribution in [3.63, 3.8) is 0 Å². The second-order valence-electron chi connectivity index (χ2n) is 16.8. The van der Waals surface area contributed by atoms with E-state index in [9.17, 15) is 26.4 Å². The average molecular weight is 987 g/mol. The van der Waals surface area contributed by atoms with Crippen LogP contribution in [0, 0.1) is 5.92 Å². The summed E-state index contributed by atoms with van der Waals surface area (Å²) in [6.07, 6.45) is 11.3. The number of nitrogens with one attached hydrogen (secondary N) is 4. The molecule has 3 unspecified atom stereocenters. The van der Waals surface area contributed by atoms with Gasteiger partial charge in [-0.3, -0.25) is 9.59 Å². The second kappa shape index (κ2) is 26.6. The molecule has 0 radical (unpaired) electrons. The summed E-state index contributed by atoms with van der Waals surface area (Å²) in [5.74, 6) is 1.42. The fraction of sp³-hybridized carbons (Fsp3) is 0.542. The fourth-order valence-electron chi connectivity index (χ4n) is 7.87. The first-order valence-electron chi connectivity index (χ1n) is 23.3. The summed E-state index contributed by atoms with van der Waals surface area (Å²) < 4.78 is 66.5. The lowest BCUT2D eigenvalue weighted by molar-refractivity contribution is 0.0943. The summed E-state index contributed by atoms with van der Waals surface area (Å²) in [6, 6.07) is 21.1. The van der Waals surface area contributed by atoms with Crippen LogP contribution in [0.1, 0.15) is 115 Å². The van der Waals surface area contributed by atoms with Gasteiger partial charge in [-0.05, 0) is 105 Å². The molecule has 0 saturated carbocycles. The van der Waals surface area contributed by atoms with Gasteiger partial charge in [-0.15, -0.1) is 22.7 Å². The molecule has 2 aliphatic heterocycles. The molecule has 0 spiro atoms. The number of benzene rings is 2. The lowest BCUT2D eigenvalue weighted by Crippen LogP contribution is -2.37. The molecular weight excluding hydrogens is 917 g/mol. The van der Waals surface area contributed by atoms with E-state index >= 15 is 0 Å². The van der Waals surface area contributed by atoms with E-state index in [1.807, 2.05) is 0 Å². The molecule has 2 aliphatic rings. The number of methoxy groups -OCH3 is 2. The zero-order chi connectivity index (χ0) is 47.5. The number of hydrogen-bond donors (Lipinski definition) is 4. The minimum absolute atomic E-state index is 0.201. The Balaban J connectivity index is 0.000000248. The average Bonchev–Trinajstić information content (AvgIpc) is 4.19. The number of hydrogen-bond acceptors (Lipinski definition) is 12. The van der Waals surface area contributed by atoms with Crippen molar-refractivity contribution in [2.24, 2.45) is 5.92 Å². The van der Waals surface area contributed by atoms with Crippen LogP contribution in [-0.4, -0.2) is 103 Å². The highest BCUT2D eigenvalue weighted by molar-refractivity contribution is 7.91. The number of unbranched alkanes of at least 4 members (excludes halogenated alkanes) is 4. The third-order valence-electron chi connectivity index (χ3n) is 12.0. The third kappa shape index (κ3) is 15.6. The van der Waals surface area contributed by atoms with Gasteiger partial charge < -0.3 is 30.7 Å². The quantitative estimate of drug-likeness (QED) is 0.0479. The van der Waals surface area contributed by atoms with Gasteiger partial charge in [0.2, 0.25) is 0 Å². The van der Waals surface area contributed by atoms with Gasteiger partial charge in [-0.2, -0.15) is 8.61 Å². The molecule has 66 heavy (non-hydrogen) atoms. The van der Waals surface area contributed by atoms with E-state index in [1.165, 1.54) is 61.2 Å². The summed E-state index contributed by atoms with van der Waals surface area (Å²) >= 11 is 2.42. The van der Waals surface area contributed by atoms with Crippen molar-refractivity contribution >= 4 is 54.5 Å². The lowest BCUT2D eigenvalue weighted by atomic mass is 9.99. The summed E-state index contributed by atoms with van der Waals surface area (Å²) in [5, 5.41) is 12.8. The van der Waals surface area contributed by atoms with Crippen molar-refractivity contribution in [3.8, 4) is 11.5 Å². The molecular formula is C48H70N6O8S4. The van der Waals surface area contributed by atoms with Crippen LogP contribution < -0.4 is 30.7 Å². The molecule has 364 valence electrons. The van der Waals surface area contributed by atoms with Crippen LogP contribution in [0.2, 0.25) is 0 Å². The molecule has 0 bridgehead atoms. The summed E-state index contributed by atoms with van der Waals surface area (Å²) in [6.45, 7) is 11.2. The van der Waals surface area contributed by atoms with Crippen LogP contribution in [0.3, 0.4) is 0 Å². The maximum Gasteiger partial charge on any atom is 0.252 e. The van der Waals surface area contributed by atoms with Gasteiger partial charge in [0.1, 0.15) is 19.9 Å². The van der Waals surface area contributed by atoms with Crippen molar-refractivity contribution in [2.75, 3.05) is 53.5 Å². The van der Waals surface area contributed by atoms with E-state index in [4.69, 9.17) is 9.47 Å². The Bertz CT molecular complexity index is 2350. The molecule has 18 heteroatoms. The molecule has 4 aromatic rings. The van der Waals surface area contributed by atoms with Gasteiger partial charge in [0.25, 0.3) is 31.9 Å². The maximum atomic E-state index is 13.2. The van der Waals surface area contributed by atoms with E-state index in [2.05, 4.69) is 42.0 Å². The zero-order valence-corrected chi connectivity index (χ0v) is 42.4. The van der Waals surface area contributed by atoms with Crippen molar-refractivity contribution < 1.29 is 35.9 Å². The van der Waals surface area contributed by atoms with Gasteiger partial charge in [-0.1, -0.05) is 71.4 Å². The second-order valence-corrected chi connectivity index (χ2v) is 23.5. The lowest BCUT2D eigenvalue weighted by Gasteiger charge is -2.20. The maximum absolute atomic E-state index is 13.2. The standard InChI is InChI=1S/C25H37N3O4S2.C23H33N3O4S2/c1-4-6-8-19(5-2)16-26-21-13-14-28(18-21)34(30,31)24-12-11-23(33-24)17-27-25(29)20-9-7-10-22(15-20)32-3;1-3-4-5-6-13-24-19-12-14-26(17-19)32(28,29)22-11-10-21(31-22)16-25-23(27)18-8-7-9-20(15-18)30-2/h7,9-12,15,19,21,26H,4-6,8,13-14,16-18H2,1-3H3,(H,27,29);7-11,15,19,24H,3-6,12-14,16-17H2,1-2H3,(H,25,27). The van der Waals surface area contributed by atoms with Gasteiger partial charge in [0.05, 0.1) is 27.3 Å². The topological polar surface area (TPSA) is 175 Å². The number of sulfonamides is 2. The first kappa shape index (κ1) is 53.1. The molecule has 2 aromatic carbocycles. The van der Waals surface area contributed by atoms with E-state index in [1.54, 1.807) is 95.6 Å². The van der Waals surface area contributed by atoms with Crippen molar-refractivity contribution in [1.29, 1.82) is 0 Å². The normalized spacial score (nSPS) is 17.2. The highest BCUT2D eigenvalue weighted by Crippen LogP contribution is 2.29. The highest BCUT2D eigenvalue weighted by atomic mass is 32.3. The van der Waals surface area contributed by atoms with Gasteiger partial charge in [0, 0.05) is 59.1 Å². The summed E-state index contributed by atoms with van der Waals surface area (Å²) in [7, 11) is -3.93. The van der Waals surface area contributed by atoms with E-state index in [0.717, 1.165) is 48.5 Å². The Labute approximate surface area is 401 Å². The molecule has 2 amide bonds. The molecule has 2 fully saturated rings. The Morgan fingerprint density at radius 3 is 1.64 bits per heavy atom. The molecule has 14 nitrogen and oxygen atoms in total. The SMILES string of the molecule is CCCCC(CC)CNC1CCN(S(=O)(=O)c2ccc(CNC(=O)c3cccc(OC)c3)s2)C1.CCCCCCNC1CCN(S(=O)(=O)c2ccc(CNC(=O)c3cccc(OC)c3)s2)C1. The van der Waals surface area contributed by atoms with Gasteiger partial charge in [0.15, 0.2) is 0 Å². The van der Waals surface area contributed by atoms with E-state index in [-0.39, 0.29) is 37.0 Å². The molecule has 4 N–H and O–H groups in total. The third-order valence-corrected chi connectivity index (χ3v) is 18.8. The highest BCUT2D eigenvalue weighted by Gasteiger charge is 2.35. The predicted molar refractivity (Wildman–Crippen MR) is 265 cm³/mol. The molecule has 4 heterocycles. The minimum Gasteiger partial charge on any atom is -0.497 e. The van der Waals surface area contributed by atoms with E-state index in [0.29, 0.717) is 63.1 Å². The Kier molecular flexibility index (Phi) is 21.4. The molecule has 0 aliphatic carbocycles. The smallest absolute Gasteiger partial charge is 0.252 e. The first-order chi connectivity index (χ1) is 31.8. The number of carbonyl (C=O) groups is 2. The number of carbonyl (C=O) groups excluding carboxylic acids is 2. The van der Waals surface area contributed by atoms with Gasteiger partial charge in [-0.25, -0.2) is 16.8 Å². The molecule has 3 atom stereocenters. The number of ether oxygens (including phenoxy) is 2. The Hall–Kier alpha value is -3.88. The monoisotopic (exact) mass is 986 g/mol. The van der Waals surface area contributed by atoms with Crippen LogP contribution >= 0.6 is 22.7 Å². The predicted octanol–water partition coefficient (Wildman–Crippen LogP) is 7.88. The molecule has 2 aromatic heterocycles. The number of amides is 2. The largest absolute Gasteiger partial charge is 0.497 e. The van der Waals surface area contributed by atoms with E-state index < -0.39 is 20.0 Å². The summed E-state index contributed by atoms with van der Waals surface area (Å²) in [4.78, 5) is 26.4. The van der Waals surface area contributed by atoms with Crippen LogP contribution in [0.25, 0.3) is 0 Å². The molecule has 6 rings (SSSR count). The minimum atomic E-state index is -3.53. The van der Waals surface area contributed by atoms with Crippen molar-refractivity contribution in [2.45, 2.75) is 119 Å². The fourth-order valence-corrected chi connectivity index (χ4v) is 13.8. The summed E-state index contributed by atoms with van der Waals surface area (Å²) in [5.41, 5.74) is 0.999. The number of thiophene rings is 2. The first-order valence-corrected chi connectivity index (χ1v) is 27.8. The Morgan fingerprint density at radius 2 is 1.17 bits per heavy atom. The van der Waals surface area contributed by atoms with Crippen LogP contribution in [0.4, 0.5) is 0 Å². The number of rotatable bonds is 25. The number of nitrogens with zero attached hydrogens (tertiary/aromatic N) is 2. The van der Waals surface area contributed by atoms with Crippen LogP contribution in [0.5, 0.6) is 11.5 Å². The van der Waals surface area contributed by atoms with Crippen LogP contribution in [0.15, 0.2) is 81.2 Å². The van der Waals surface area contributed by atoms with Gasteiger partial charge >= 0.3 is 0 Å². The zero-order valence-electron chi connectivity index (χ0n) is 39.2. The van der Waals surface area contributed by atoms with Crippen molar-refractivity contribution in [3.05, 3.63) is 93.7 Å². The van der Waals surface area contributed by atoms with Crippen molar-refractivity contribution in [1.82, 2.24) is 29.9 Å². The van der Waals surface area contributed by atoms with Crippen LogP contribution in [-0.2, 0) is 33.1 Å². The molecule has 2 saturated heterocycles.